The normalized spacial score (nSPS) is 18.2. The third-order valence-electron chi connectivity index (χ3n) is 3.63. The van der Waals surface area contributed by atoms with E-state index in [0.29, 0.717) is 5.41 Å². The van der Waals surface area contributed by atoms with E-state index in [2.05, 4.69) is 44.7 Å². The van der Waals surface area contributed by atoms with E-state index in [9.17, 15) is 0 Å². The molecule has 88 valence electrons. The first-order valence-corrected chi connectivity index (χ1v) is 7.58. The maximum absolute atomic E-state index is 4.51. The van der Waals surface area contributed by atoms with Crippen LogP contribution in [0.3, 0.4) is 0 Å². The van der Waals surface area contributed by atoms with E-state index >= 15 is 0 Å². The van der Waals surface area contributed by atoms with Crippen molar-refractivity contribution in [2.45, 2.75) is 38.0 Å². The van der Waals surface area contributed by atoms with Gasteiger partial charge in [-0.15, -0.1) is 11.8 Å². The fraction of sp³-hybridized carbons (Fsp3) is 0.571. The van der Waals surface area contributed by atoms with E-state index in [1.54, 1.807) is 0 Å². The number of thiol groups is 1. The average molecular weight is 252 g/mol. The molecule has 0 N–H and O–H groups in total. The van der Waals surface area contributed by atoms with Gasteiger partial charge in [0.15, 0.2) is 0 Å². The molecule has 0 radical (unpaired) electrons. The van der Waals surface area contributed by atoms with Crippen molar-refractivity contribution in [3.05, 3.63) is 29.3 Å². The van der Waals surface area contributed by atoms with Crippen molar-refractivity contribution in [3.8, 4) is 0 Å². The third-order valence-corrected chi connectivity index (χ3v) is 5.81. The summed E-state index contributed by atoms with van der Waals surface area (Å²) in [6.07, 6.45) is 4.14. The molecule has 1 aliphatic rings. The molecule has 1 aromatic rings. The summed E-state index contributed by atoms with van der Waals surface area (Å²) in [6.45, 7) is 4.37. The van der Waals surface area contributed by atoms with Crippen molar-refractivity contribution in [1.82, 2.24) is 0 Å². The molecule has 0 spiro atoms. The standard InChI is InChI=1S/C14H20S2/c1-11-4-5-12(2)13(8-11)16-10-14(9-15)6-3-7-14/h4-5,8,15H,3,6-7,9-10H2,1-2H3. The lowest BCUT2D eigenvalue weighted by Crippen LogP contribution is -2.33. The number of rotatable bonds is 4. The van der Waals surface area contributed by atoms with Crippen molar-refractivity contribution >= 4 is 24.4 Å². The molecule has 0 aromatic heterocycles. The topological polar surface area (TPSA) is 0 Å². The molecule has 0 amide bonds. The van der Waals surface area contributed by atoms with Gasteiger partial charge in [-0.3, -0.25) is 0 Å². The van der Waals surface area contributed by atoms with Gasteiger partial charge in [-0.2, -0.15) is 12.6 Å². The zero-order chi connectivity index (χ0) is 11.6. The van der Waals surface area contributed by atoms with Gasteiger partial charge in [-0.05, 0) is 49.5 Å². The average Bonchev–Trinajstić information content (AvgIpc) is 2.22. The number of hydrogen-bond donors (Lipinski definition) is 1. The first kappa shape index (κ1) is 12.4. The van der Waals surface area contributed by atoms with E-state index in [1.807, 2.05) is 11.8 Å². The van der Waals surface area contributed by atoms with E-state index in [-0.39, 0.29) is 0 Å². The van der Waals surface area contributed by atoms with Crippen LogP contribution in [0.4, 0.5) is 0 Å². The molecule has 0 bridgehead atoms. The number of benzene rings is 1. The van der Waals surface area contributed by atoms with Crippen LogP contribution in [0.5, 0.6) is 0 Å². The Labute approximate surface area is 109 Å². The molecular formula is C14H20S2. The Balaban J connectivity index is 2.01. The second-order valence-corrected chi connectivity index (χ2v) is 6.40. The van der Waals surface area contributed by atoms with Gasteiger partial charge in [0.25, 0.3) is 0 Å². The highest BCUT2D eigenvalue weighted by Gasteiger charge is 2.35. The maximum atomic E-state index is 4.51. The van der Waals surface area contributed by atoms with Gasteiger partial charge in [0, 0.05) is 10.6 Å². The lowest BCUT2D eigenvalue weighted by Gasteiger charge is -2.40. The fourth-order valence-corrected chi connectivity index (χ4v) is 4.12. The minimum atomic E-state index is 0.532. The molecule has 0 atom stereocenters. The van der Waals surface area contributed by atoms with Crippen molar-refractivity contribution in [1.29, 1.82) is 0 Å². The van der Waals surface area contributed by atoms with E-state index < -0.39 is 0 Å². The van der Waals surface area contributed by atoms with Gasteiger partial charge in [0.2, 0.25) is 0 Å². The number of thioether (sulfide) groups is 1. The molecule has 1 saturated carbocycles. The van der Waals surface area contributed by atoms with E-state index in [4.69, 9.17) is 0 Å². The highest BCUT2D eigenvalue weighted by atomic mass is 32.2. The van der Waals surface area contributed by atoms with Gasteiger partial charge in [0.1, 0.15) is 0 Å². The van der Waals surface area contributed by atoms with Crippen molar-refractivity contribution in [2.75, 3.05) is 11.5 Å². The largest absolute Gasteiger partial charge is 0.179 e. The van der Waals surface area contributed by atoms with E-state index in [0.717, 1.165) is 5.75 Å². The molecular weight excluding hydrogens is 232 g/mol. The summed E-state index contributed by atoms with van der Waals surface area (Å²) in [5, 5.41) is 0. The summed E-state index contributed by atoms with van der Waals surface area (Å²) >= 11 is 6.53. The molecule has 16 heavy (non-hydrogen) atoms. The van der Waals surface area contributed by atoms with Crippen LogP contribution in [0, 0.1) is 19.3 Å². The van der Waals surface area contributed by atoms with Crippen LogP contribution in [-0.4, -0.2) is 11.5 Å². The summed E-state index contributed by atoms with van der Waals surface area (Å²) < 4.78 is 0. The van der Waals surface area contributed by atoms with Crippen molar-refractivity contribution in [2.24, 2.45) is 5.41 Å². The Morgan fingerprint density at radius 3 is 2.62 bits per heavy atom. The predicted molar refractivity (Wildman–Crippen MR) is 76.8 cm³/mol. The molecule has 1 aliphatic carbocycles. The van der Waals surface area contributed by atoms with E-state index in [1.165, 1.54) is 41.0 Å². The van der Waals surface area contributed by atoms with Crippen molar-refractivity contribution < 1.29 is 0 Å². The lowest BCUT2D eigenvalue weighted by atomic mass is 9.72. The summed E-state index contributed by atoms with van der Waals surface area (Å²) in [7, 11) is 0. The van der Waals surface area contributed by atoms with Crippen LogP contribution in [0.25, 0.3) is 0 Å². The highest BCUT2D eigenvalue weighted by molar-refractivity contribution is 7.99. The van der Waals surface area contributed by atoms with Gasteiger partial charge in [-0.25, -0.2) is 0 Å². The van der Waals surface area contributed by atoms with Gasteiger partial charge >= 0.3 is 0 Å². The molecule has 0 heterocycles. The van der Waals surface area contributed by atoms with Crippen LogP contribution >= 0.6 is 24.4 Å². The SMILES string of the molecule is Cc1ccc(C)c(SCC2(CS)CCC2)c1. The van der Waals surface area contributed by atoms with Crippen LogP contribution in [0.15, 0.2) is 23.1 Å². The Bertz CT molecular complexity index is 361. The monoisotopic (exact) mass is 252 g/mol. The number of aryl methyl sites for hydroxylation is 2. The fourth-order valence-electron chi connectivity index (χ4n) is 2.12. The lowest BCUT2D eigenvalue weighted by molar-refractivity contribution is 0.205. The Morgan fingerprint density at radius 2 is 2.06 bits per heavy atom. The van der Waals surface area contributed by atoms with Crippen LogP contribution < -0.4 is 0 Å². The summed E-state index contributed by atoms with van der Waals surface area (Å²) in [6, 6.07) is 6.73. The Morgan fingerprint density at radius 1 is 1.31 bits per heavy atom. The number of hydrogen-bond acceptors (Lipinski definition) is 2. The van der Waals surface area contributed by atoms with Crippen LogP contribution in [0.2, 0.25) is 0 Å². The summed E-state index contributed by atoms with van der Waals surface area (Å²) in [5.74, 6) is 2.28. The van der Waals surface area contributed by atoms with Crippen LogP contribution in [0.1, 0.15) is 30.4 Å². The highest BCUT2D eigenvalue weighted by Crippen LogP contribution is 2.45. The Kier molecular flexibility index (Phi) is 3.91. The second kappa shape index (κ2) is 5.05. The molecule has 0 unspecified atom stereocenters. The zero-order valence-electron chi connectivity index (χ0n) is 10.1. The Hall–Kier alpha value is -0.0800. The molecule has 0 saturated heterocycles. The quantitative estimate of drug-likeness (QED) is 0.608. The predicted octanol–water partition coefficient (Wildman–Crippen LogP) is 4.50. The minimum Gasteiger partial charge on any atom is -0.179 e. The summed E-state index contributed by atoms with van der Waals surface area (Å²) in [5.41, 5.74) is 3.30. The molecule has 1 aromatic carbocycles. The first-order chi connectivity index (χ1) is 7.65. The molecule has 2 heteroatoms. The third kappa shape index (κ3) is 2.60. The first-order valence-electron chi connectivity index (χ1n) is 5.96. The van der Waals surface area contributed by atoms with Crippen molar-refractivity contribution in [3.63, 3.8) is 0 Å². The smallest absolute Gasteiger partial charge is 0.0104 e. The van der Waals surface area contributed by atoms with Gasteiger partial charge in [-0.1, -0.05) is 24.1 Å². The van der Waals surface area contributed by atoms with Gasteiger partial charge < -0.3 is 0 Å². The molecule has 0 aliphatic heterocycles. The minimum absolute atomic E-state index is 0.532. The summed E-state index contributed by atoms with van der Waals surface area (Å²) in [4.78, 5) is 1.45. The maximum Gasteiger partial charge on any atom is 0.0104 e. The second-order valence-electron chi connectivity index (χ2n) is 5.07. The zero-order valence-corrected chi connectivity index (χ0v) is 11.8. The molecule has 0 nitrogen and oxygen atoms in total. The molecule has 1 fully saturated rings. The molecule has 2 rings (SSSR count). The van der Waals surface area contributed by atoms with Crippen LogP contribution in [-0.2, 0) is 0 Å². The van der Waals surface area contributed by atoms with Gasteiger partial charge in [0.05, 0.1) is 0 Å².